The number of nitrogens with one attached hydrogen (secondary N) is 2. The normalized spacial score (nSPS) is 11.7. The Labute approximate surface area is 183 Å². The van der Waals surface area contributed by atoms with Crippen molar-refractivity contribution in [2.45, 2.75) is 33.0 Å². The molecular formula is C17H23F3IN5OS. The smallest absolute Gasteiger partial charge is 0.422 e. The molecule has 2 heterocycles. The monoisotopic (exact) mass is 529 g/mol. The van der Waals surface area contributed by atoms with Crippen LogP contribution in [0.1, 0.15) is 21.1 Å². The lowest BCUT2D eigenvalue weighted by Gasteiger charge is -2.14. The van der Waals surface area contributed by atoms with Gasteiger partial charge in [0.25, 0.3) is 0 Å². The van der Waals surface area contributed by atoms with E-state index in [2.05, 4.69) is 25.6 Å². The summed E-state index contributed by atoms with van der Waals surface area (Å²) in [6, 6.07) is 3.29. The molecule has 0 radical (unpaired) electrons. The third-order valence-corrected chi connectivity index (χ3v) is 4.73. The molecule has 0 unspecified atom stereocenters. The van der Waals surface area contributed by atoms with Gasteiger partial charge in [-0.15, -0.1) is 35.3 Å². The Morgan fingerprint density at radius 3 is 2.64 bits per heavy atom. The Hall–Kier alpha value is -1.63. The number of alkyl halides is 3. The van der Waals surface area contributed by atoms with Crippen molar-refractivity contribution in [1.82, 2.24) is 20.6 Å². The van der Waals surface area contributed by atoms with Crippen LogP contribution in [0.5, 0.6) is 5.88 Å². The molecule has 0 bridgehead atoms. The predicted octanol–water partition coefficient (Wildman–Crippen LogP) is 3.62. The van der Waals surface area contributed by atoms with E-state index in [1.807, 2.05) is 13.8 Å². The van der Waals surface area contributed by atoms with Gasteiger partial charge in [-0.3, -0.25) is 4.99 Å². The zero-order valence-electron chi connectivity index (χ0n) is 15.8. The van der Waals surface area contributed by atoms with E-state index < -0.39 is 12.8 Å². The molecule has 2 aromatic heterocycles. The molecule has 156 valence electrons. The molecule has 0 amide bonds. The molecule has 0 fully saturated rings. The standard InChI is InChI=1S/C17H22F3N5OS.HI/c1-11-12(2)27-14(25-11)6-8-23-16(21-3)24-9-13-5-4-7-22-15(13)26-10-17(18,19)20;/h4-5,7H,6,8-10H2,1-3H3,(H2,21,23,24);1H. The van der Waals surface area contributed by atoms with Gasteiger partial charge >= 0.3 is 6.18 Å². The highest BCUT2D eigenvalue weighted by Gasteiger charge is 2.29. The van der Waals surface area contributed by atoms with Crippen molar-refractivity contribution in [1.29, 1.82) is 0 Å². The van der Waals surface area contributed by atoms with E-state index in [-0.39, 0.29) is 36.4 Å². The second-order valence-electron chi connectivity index (χ2n) is 5.72. The van der Waals surface area contributed by atoms with Gasteiger partial charge in [0.15, 0.2) is 12.6 Å². The molecule has 0 spiro atoms. The van der Waals surface area contributed by atoms with Crippen molar-refractivity contribution in [3.63, 3.8) is 0 Å². The second kappa shape index (κ2) is 11.4. The molecule has 2 N–H and O–H groups in total. The van der Waals surface area contributed by atoms with Gasteiger partial charge in [0.05, 0.1) is 10.7 Å². The SMILES string of the molecule is CN=C(NCCc1nc(C)c(C)s1)NCc1cccnc1OCC(F)(F)F.I. The van der Waals surface area contributed by atoms with Crippen LogP contribution in [0.3, 0.4) is 0 Å². The topological polar surface area (TPSA) is 71.4 Å². The number of ether oxygens (including phenoxy) is 1. The molecule has 28 heavy (non-hydrogen) atoms. The van der Waals surface area contributed by atoms with Gasteiger partial charge in [0.1, 0.15) is 0 Å². The summed E-state index contributed by atoms with van der Waals surface area (Å²) in [5.41, 5.74) is 1.55. The second-order valence-corrected chi connectivity index (χ2v) is 7.01. The van der Waals surface area contributed by atoms with E-state index >= 15 is 0 Å². The lowest BCUT2D eigenvalue weighted by Crippen LogP contribution is -2.38. The van der Waals surface area contributed by atoms with Crippen LogP contribution in [-0.4, -0.2) is 42.3 Å². The van der Waals surface area contributed by atoms with Gasteiger partial charge in [-0.2, -0.15) is 13.2 Å². The van der Waals surface area contributed by atoms with Crippen LogP contribution in [-0.2, 0) is 13.0 Å². The molecular weight excluding hydrogens is 506 g/mol. The lowest BCUT2D eigenvalue weighted by atomic mass is 10.2. The first-order chi connectivity index (χ1) is 12.8. The lowest BCUT2D eigenvalue weighted by molar-refractivity contribution is -0.154. The maximum atomic E-state index is 12.3. The number of pyridine rings is 1. The van der Waals surface area contributed by atoms with Gasteiger partial charge in [-0.05, 0) is 19.9 Å². The minimum Gasteiger partial charge on any atom is -0.468 e. The van der Waals surface area contributed by atoms with Crippen LogP contribution in [0.2, 0.25) is 0 Å². The number of hydrogen-bond acceptors (Lipinski definition) is 5. The maximum Gasteiger partial charge on any atom is 0.422 e. The van der Waals surface area contributed by atoms with E-state index in [1.54, 1.807) is 30.5 Å². The Balaban J connectivity index is 0.00000392. The van der Waals surface area contributed by atoms with E-state index in [4.69, 9.17) is 4.74 Å². The van der Waals surface area contributed by atoms with Crippen LogP contribution in [0.15, 0.2) is 23.3 Å². The van der Waals surface area contributed by atoms with Crippen molar-refractivity contribution in [2.75, 3.05) is 20.2 Å². The summed E-state index contributed by atoms with van der Waals surface area (Å²) in [7, 11) is 1.62. The van der Waals surface area contributed by atoms with Gasteiger partial charge in [0.2, 0.25) is 5.88 Å². The summed E-state index contributed by atoms with van der Waals surface area (Å²) in [4.78, 5) is 13.7. The molecule has 11 heteroatoms. The number of thiazole rings is 1. The fourth-order valence-electron chi connectivity index (χ4n) is 2.17. The van der Waals surface area contributed by atoms with E-state index in [9.17, 15) is 13.2 Å². The zero-order chi connectivity index (χ0) is 19.9. The highest BCUT2D eigenvalue weighted by atomic mass is 127. The Morgan fingerprint density at radius 2 is 2.04 bits per heavy atom. The third kappa shape index (κ3) is 8.17. The summed E-state index contributed by atoms with van der Waals surface area (Å²) in [5.74, 6) is 0.483. The minimum absolute atomic E-state index is 0. The molecule has 0 aliphatic rings. The Kier molecular flexibility index (Phi) is 9.93. The summed E-state index contributed by atoms with van der Waals surface area (Å²) in [6.07, 6.45) is -2.26. The number of guanidine groups is 1. The number of aryl methyl sites for hydroxylation is 2. The first-order valence-corrected chi connectivity index (χ1v) is 9.11. The van der Waals surface area contributed by atoms with Crippen LogP contribution in [0.25, 0.3) is 0 Å². The number of aromatic nitrogens is 2. The van der Waals surface area contributed by atoms with Crippen molar-refractivity contribution in [2.24, 2.45) is 4.99 Å². The highest BCUT2D eigenvalue weighted by Crippen LogP contribution is 2.20. The fourth-order valence-corrected chi connectivity index (χ4v) is 3.11. The number of rotatable bonds is 7. The van der Waals surface area contributed by atoms with Crippen molar-refractivity contribution in [3.05, 3.63) is 39.5 Å². The molecule has 0 atom stereocenters. The third-order valence-electron chi connectivity index (χ3n) is 3.60. The molecule has 0 aliphatic heterocycles. The van der Waals surface area contributed by atoms with Crippen LogP contribution >= 0.6 is 35.3 Å². The van der Waals surface area contributed by atoms with Crippen molar-refractivity contribution in [3.8, 4) is 5.88 Å². The van der Waals surface area contributed by atoms with Crippen LogP contribution < -0.4 is 15.4 Å². The first kappa shape index (κ1) is 24.4. The van der Waals surface area contributed by atoms with E-state index in [0.717, 1.165) is 17.1 Å². The zero-order valence-corrected chi connectivity index (χ0v) is 18.9. The van der Waals surface area contributed by atoms with Gasteiger partial charge in [-0.1, -0.05) is 6.07 Å². The minimum atomic E-state index is -4.41. The largest absolute Gasteiger partial charge is 0.468 e. The molecule has 2 rings (SSSR count). The number of hydrogen-bond donors (Lipinski definition) is 2. The number of aliphatic imine (C=N–C) groups is 1. The summed E-state index contributed by atoms with van der Waals surface area (Å²) < 4.78 is 41.8. The average Bonchev–Trinajstić information content (AvgIpc) is 2.94. The summed E-state index contributed by atoms with van der Waals surface area (Å²) in [6.45, 7) is 3.51. The van der Waals surface area contributed by atoms with Gasteiger partial charge < -0.3 is 15.4 Å². The summed E-state index contributed by atoms with van der Waals surface area (Å²) >= 11 is 1.67. The predicted molar refractivity (Wildman–Crippen MR) is 115 cm³/mol. The molecule has 2 aromatic rings. The molecule has 0 aliphatic carbocycles. The average molecular weight is 529 g/mol. The van der Waals surface area contributed by atoms with Crippen molar-refractivity contribution >= 4 is 41.3 Å². The number of halogens is 4. The highest BCUT2D eigenvalue weighted by molar-refractivity contribution is 14.0. The van der Waals surface area contributed by atoms with Crippen LogP contribution in [0.4, 0.5) is 13.2 Å². The molecule has 0 aromatic carbocycles. The first-order valence-electron chi connectivity index (χ1n) is 8.29. The van der Waals surface area contributed by atoms with Gasteiger partial charge in [0, 0.05) is 43.2 Å². The number of nitrogens with zero attached hydrogens (tertiary/aromatic N) is 3. The summed E-state index contributed by atoms with van der Waals surface area (Å²) in [5, 5.41) is 7.25. The van der Waals surface area contributed by atoms with Crippen molar-refractivity contribution < 1.29 is 17.9 Å². The fraction of sp³-hybridized carbons (Fsp3) is 0.471. The van der Waals surface area contributed by atoms with E-state index in [0.29, 0.717) is 18.1 Å². The molecule has 6 nitrogen and oxygen atoms in total. The quantitative estimate of drug-likeness (QED) is 0.326. The van der Waals surface area contributed by atoms with E-state index in [1.165, 1.54) is 11.1 Å². The van der Waals surface area contributed by atoms with Gasteiger partial charge in [-0.25, -0.2) is 9.97 Å². The Morgan fingerprint density at radius 1 is 1.29 bits per heavy atom. The maximum absolute atomic E-state index is 12.3. The molecule has 0 saturated carbocycles. The molecule has 0 saturated heterocycles. The Bertz CT molecular complexity index is 763. The van der Waals surface area contributed by atoms with Crippen LogP contribution in [0, 0.1) is 13.8 Å².